The van der Waals surface area contributed by atoms with E-state index >= 15 is 0 Å². The molecule has 5 nitrogen and oxygen atoms in total. The second-order valence-electron chi connectivity index (χ2n) is 8.42. The van der Waals surface area contributed by atoms with Gasteiger partial charge >= 0.3 is 0 Å². The Bertz CT molecular complexity index is 1080. The van der Waals surface area contributed by atoms with E-state index in [2.05, 4.69) is 27.4 Å². The minimum Gasteiger partial charge on any atom is -0.384 e. The number of hydrogen-bond donors (Lipinski definition) is 2. The number of piperidine rings is 1. The number of nitrogens with one attached hydrogen (secondary N) is 2. The molecule has 2 heterocycles. The third-order valence-electron chi connectivity index (χ3n) is 6.27. The molecule has 1 saturated heterocycles. The van der Waals surface area contributed by atoms with Gasteiger partial charge in [-0.05, 0) is 69.1 Å². The normalized spacial score (nSPS) is 15.7. The van der Waals surface area contributed by atoms with Crippen molar-refractivity contribution in [2.45, 2.75) is 25.8 Å². The molecule has 0 saturated carbocycles. The molecule has 1 aromatic heterocycles. The number of para-hydroxylation sites is 1. The predicted molar refractivity (Wildman–Crippen MR) is 131 cm³/mol. The zero-order chi connectivity index (χ0) is 23.2. The summed E-state index contributed by atoms with van der Waals surface area (Å²) >= 11 is 5.86. The molecule has 7 heteroatoms. The van der Waals surface area contributed by atoms with Crippen molar-refractivity contribution >= 4 is 29.0 Å². The Morgan fingerprint density at radius 1 is 1.12 bits per heavy atom. The largest absolute Gasteiger partial charge is 0.384 e. The second kappa shape index (κ2) is 10.8. The van der Waals surface area contributed by atoms with Crippen molar-refractivity contribution in [2.75, 3.05) is 30.3 Å². The van der Waals surface area contributed by atoms with Crippen molar-refractivity contribution in [3.05, 3.63) is 88.8 Å². The number of benzene rings is 2. The monoisotopic (exact) mass is 466 g/mol. The lowest BCUT2D eigenvalue weighted by Gasteiger charge is -2.36. The van der Waals surface area contributed by atoms with Crippen molar-refractivity contribution in [1.29, 1.82) is 0 Å². The highest BCUT2D eigenvalue weighted by Gasteiger charge is 2.25. The Hall–Kier alpha value is -2.96. The van der Waals surface area contributed by atoms with Crippen LogP contribution in [0.15, 0.2) is 66.9 Å². The summed E-state index contributed by atoms with van der Waals surface area (Å²) in [6, 6.07) is 17.9. The maximum Gasteiger partial charge on any atom is 0.258 e. The molecule has 0 spiro atoms. The molecule has 4 rings (SSSR count). The van der Waals surface area contributed by atoms with Crippen LogP contribution in [0.2, 0.25) is 5.02 Å². The number of aromatic nitrogens is 1. The molecule has 33 heavy (non-hydrogen) atoms. The minimum atomic E-state index is -0.221. The summed E-state index contributed by atoms with van der Waals surface area (Å²) in [7, 11) is 0. The van der Waals surface area contributed by atoms with E-state index in [9.17, 15) is 9.18 Å². The first-order valence-corrected chi connectivity index (χ1v) is 11.6. The minimum absolute atomic E-state index is 0.0611. The van der Waals surface area contributed by atoms with Crippen LogP contribution in [0, 0.1) is 11.7 Å². The van der Waals surface area contributed by atoms with Crippen LogP contribution < -0.4 is 10.6 Å². The van der Waals surface area contributed by atoms with Gasteiger partial charge in [0, 0.05) is 30.0 Å². The average molecular weight is 467 g/mol. The average Bonchev–Trinajstić information content (AvgIpc) is 2.84. The number of carbonyl (C=O) groups excluding carboxylic acids is 1. The summed E-state index contributed by atoms with van der Waals surface area (Å²) in [5.41, 5.74) is 2.12. The molecular formula is C26H28ClFN4O. The zero-order valence-electron chi connectivity index (χ0n) is 18.6. The van der Waals surface area contributed by atoms with Gasteiger partial charge in [0.2, 0.25) is 0 Å². The van der Waals surface area contributed by atoms with E-state index in [1.165, 1.54) is 12.3 Å². The molecule has 1 aliphatic heterocycles. The van der Waals surface area contributed by atoms with Crippen LogP contribution in [0.4, 0.5) is 15.9 Å². The van der Waals surface area contributed by atoms with Gasteiger partial charge < -0.3 is 10.6 Å². The molecule has 1 atom stereocenters. The van der Waals surface area contributed by atoms with E-state index in [-0.39, 0.29) is 17.8 Å². The van der Waals surface area contributed by atoms with E-state index in [0.29, 0.717) is 22.3 Å². The van der Waals surface area contributed by atoms with E-state index in [0.717, 1.165) is 43.7 Å². The quantitative estimate of drug-likeness (QED) is 0.447. The molecule has 2 N–H and O–H groups in total. The Morgan fingerprint density at radius 2 is 1.85 bits per heavy atom. The van der Waals surface area contributed by atoms with Crippen molar-refractivity contribution in [3.8, 4) is 0 Å². The van der Waals surface area contributed by atoms with Gasteiger partial charge in [-0.3, -0.25) is 9.69 Å². The van der Waals surface area contributed by atoms with Gasteiger partial charge in [-0.15, -0.1) is 0 Å². The molecule has 0 radical (unpaired) electrons. The number of pyridine rings is 1. The maximum absolute atomic E-state index is 14.2. The number of anilines is 2. The van der Waals surface area contributed by atoms with Gasteiger partial charge in [-0.2, -0.15) is 0 Å². The van der Waals surface area contributed by atoms with Crippen molar-refractivity contribution in [3.63, 3.8) is 0 Å². The molecule has 172 valence electrons. The van der Waals surface area contributed by atoms with E-state index in [1.807, 2.05) is 30.3 Å². The third-order valence-corrected chi connectivity index (χ3v) is 6.50. The molecule has 0 aliphatic carbocycles. The Morgan fingerprint density at radius 3 is 2.58 bits per heavy atom. The van der Waals surface area contributed by atoms with Crippen LogP contribution in [0.1, 0.15) is 41.7 Å². The number of amides is 1. The van der Waals surface area contributed by atoms with Crippen molar-refractivity contribution < 1.29 is 9.18 Å². The lowest BCUT2D eigenvalue weighted by Crippen LogP contribution is -2.37. The first-order chi connectivity index (χ1) is 16.0. The van der Waals surface area contributed by atoms with E-state index in [1.54, 1.807) is 24.3 Å². The number of likely N-dealkylation sites (tertiary alicyclic amines) is 1. The molecule has 1 fully saturated rings. The first kappa shape index (κ1) is 23.2. The second-order valence-corrected chi connectivity index (χ2v) is 8.86. The first-order valence-electron chi connectivity index (χ1n) is 11.3. The predicted octanol–water partition coefficient (Wildman–Crippen LogP) is 6.01. The highest BCUT2D eigenvalue weighted by atomic mass is 35.5. The van der Waals surface area contributed by atoms with Crippen LogP contribution >= 0.6 is 11.6 Å². The molecule has 1 aliphatic rings. The van der Waals surface area contributed by atoms with Gasteiger partial charge in [0.25, 0.3) is 5.91 Å². The maximum atomic E-state index is 14.2. The standard InChI is InChI=1S/C26H28ClFN4O/c1-18(21-6-2-4-8-23(21)28)32-14-12-19(13-15-32)16-29-24-9-5-3-7-22(24)26(33)31-25-11-10-20(27)17-30-25/h2-11,17-19,29H,12-16H2,1H3,(H,30,31,33)/t18-/m1/s1. The van der Waals surface area contributed by atoms with Crippen LogP contribution in [-0.4, -0.2) is 35.4 Å². The fourth-order valence-corrected chi connectivity index (χ4v) is 4.39. The summed E-state index contributed by atoms with van der Waals surface area (Å²) in [4.78, 5) is 19.3. The van der Waals surface area contributed by atoms with E-state index < -0.39 is 0 Å². The molecule has 0 unspecified atom stereocenters. The molecule has 3 aromatic rings. The highest BCUT2D eigenvalue weighted by Crippen LogP contribution is 2.28. The number of rotatable bonds is 7. The number of halogens is 2. The molecule has 0 bridgehead atoms. The van der Waals surface area contributed by atoms with Gasteiger partial charge in [-0.1, -0.05) is 41.9 Å². The molecular weight excluding hydrogens is 439 g/mol. The van der Waals surface area contributed by atoms with Gasteiger partial charge in [0.15, 0.2) is 0 Å². The number of carbonyl (C=O) groups is 1. The number of hydrogen-bond acceptors (Lipinski definition) is 4. The summed E-state index contributed by atoms with van der Waals surface area (Å²) in [6.07, 6.45) is 3.55. The van der Waals surface area contributed by atoms with Crippen molar-refractivity contribution in [2.24, 2.45) is 5.92 Å². The lowest BCUT2D eigenvalue weighted by molar-refractivity contribution is 0.102. The van der Waals surface area contributed by atoms with Crippen LogP contribution in [-0.2, 0) is 0 Å². The van der Waals surface area contributed by atoms with Crippen molar-refractivity contribution in [1.82, 2.24) is 9.88 Å². The lowest BCUT2D eigenvalue weighted by atomic mass is 9.94. The van der Waals surface area contributed by atoms with Crippen LogP contribution in [0.25, 0.3) is 0 Å². The van der Waals surface area contributed by atoms with Crippen LogP contribution in [0.5, 0.6) is 0 Å². The van der Waals surface area contributed by atoms with Gasteiger partial charge in [0.1, 0.15) is 11.6 Å². The van der Waals surface area contributed by atoms with E-state index in [4.69, 9.17) is 11.6 Å². The van der Waals surface area contributed by atoms with Gasteiger partial charge in [-0.25, -0.2) is 9.37 Å². The Kier molecular flexibility index (Phi) is 7.57. The SMILES string of the molecule is C[C@H](c1ccccc1F)N1CCC(CNc2ccccc2C(=O)Nc2ccc(Cl)cn2)CC1. The summed E-state index contributed by atoms with van der Waals surface area (Å²) in [5.74, 6) is 0.581. The number of nitrogens with zero attached hydrogens (tertiary/aromatic N) is 2. The topological polar surface area (TPSA) is 57.3 Å². The molecule has 2 aromatic carbocycles. The van der Waals surface area contributed by atoms with Gasteiger partial charge in [0.05, 0.1) is 10.6 Å². The highest BCUT2D eigenvalue weighted by molar-refractivity contribution is 6.30. The zero-order valence-corrected chi connectivity index (χ0v) is 19.4. The Balaban J connectivity index is 1.32. The summed E-state index contributed by atoms with van der Waals surface area (Å²) < 4.78 is 14.2. The fourth-order valence-electron chi connectivity index (χ4n) is 4.28. The smallest absolute Gasteiger partial charge is 0.258 e. The third kappa shape index (κ3) is 5.89. The Labute approximate surface area is 199 Å². The summed E-state index contributed by atoms with van der Waals surface area (Å²) in [5, 5.41) is 6.80. The van der Waals surface area contributed by atoms with Crippen LogP contribution in [0.3, 0.4) is 0 Å². The molecule has 1 amide bonds. The summed E-state index contributed by atoms with van der Waals surface area (Å²) in [6.45, 7) is 4.70. The fraction of sp³-hybridized carbons (Fsp3) is 0.308.